The third kappa shape index (κ3) is 2.27. The van der Waals surface area contributed by atoms with E-state index in [0.29, 0.717) is 0 Å². The molecule has 0 spiro atoms. The first kappa shape index (κ1) is 8.68. The van der Waals surface area contributed by atoms with Crippen LogP contribution in [-0.4, -0.2) is 31.5 Å². The number of nitrogens with zero attached hydrogens (tertiary/aromatic N) is 1. The molecule has 0 aliphatic carbocycles. The van der Waals surface area contributed by atoms with Crippen LogP contribution in [0.25, 0.3) is 0 Å². The van der Waals surface area contributed by atoms with Crippen molar-refractivity contribution in [2.24, 2.45) is 5.92 Å². The lowest BCUT2D eigenvalue weighted by molar-refractivity contribution is -0.124. The van der Waals surface area contributed by atoms with Crippen LogP contribution >= 0.6 is 0 Å². The second-order valence-corrected chi connectivity index (χ2v) is 3.18. The Bertz CT molecular complexity index is 139. The van der Waals surface area contributed by atoms with E-state index in [1.54, 1.807) is 0 Å². The Morgan fingerprint density at radius 1 is 1.64 bits per heavy atom. The van der Waals surface area contributed by atoms with Crippen LogP contribution in [0.2, 0.25) is 0 Å². The van der Waals surface area contributed by atoms with Crippen molar-refractivity contribution in [1.29, 1.82) is 0 Å². The Kier molecular flexibility index (Phi) is 3.02. The number of carbonyl (C=O) groups excluding carboxylic acids is 1. The van der Waals surface area contributed by atoms with Gasteiger partial charge in [-0.3, -0.25) is 4.79 Å². The van der Waals surface area contributed by atoms with Gasteiger partial charge in [-0.05, 0) is 0 Å². The molecule has 1 rings (SSSR count). The average Bonchev–Trinajstić information content (AvgIpc) is 2.05. The summed E-state index contributed by atoms with van der Waals surface area (Å²) in [4.78, 5) is 11.4. The number of ketones is 1. The van der Waals surface area contributed by atoms with Crippen molar-refractivity contribution in [1.82, 2.24) is 10.6 Å². The van der Waals surface area contributed by atoms with Gasteiger partial charge in [0.25, 0.3) is 0 Å². The van der Waals surface area contributed by atoms with Crippen LogP contribution in [0.5, 0.6) is 0 Å². The van der Waals surface area contributed by atoms with Crippen molar-refractivity contribution in [3.8, 4) is 0 Å². The van der Waals surface area contributed by atoms with Gasteiger partial charge in [0.2, 0.25) is 0 Å². The highest BCUT2D eigenvalue weighted by atomic mass is 16.1. The summed E-state index contributed by atoms with van der Waals surface area (Å²) in [6, 6.07) is -0.0799. The smallest absolute Gasteiger partial charge is 0.155 e. The molecule has 0 saturated carbocycles. The average molecular weight is 155 g/mol. The summed E-state index contributed by atoms with van der Waals surface area (Å²) in [5.41, 5.74) is 0. The molecule has 11 heavy (non-hydrogen) atoms. The molecule has 1 atom stereocenters. The summed E-state index contributed by atoms with van der Waals surface area (Å²) in [5.74, 6) is 0.376. The molecule has 1 radical (unpaired) electrons. The van der Waals surface area contributed by atoms with E-state index in [-0.39, 0.29) is 17.7 Å². The van der Waals surface area contributed by atoms with Gasteiger partial charge in [-0.2, -0.15) is 0 Å². The summed E-state index contributed by atoms with van der Waals surface area (Å²) in [6.07, 6.45) is 0. The number of Topliss-reactive ketones (excluding diaryl/α,β-unsaturated/α-hetero) is 1. The van der Waals surface area contributed by atoms with Crippen LogP contribution in [0.3, 0.4) is 0 Å². The van der Waals surface area contributed by atoms with Gasteiger partial charge in [-0.25, -0.2) is 5.32 Å². The first-order valence-electron chi connectivity index (χ1n) is 4.13. The molecule has 1 aliphatic heterocycles. The van der Waals surface area contributed by atoms with Crippen LogP contribution in [0.1, 0.15) is 13.8 Å². The Hall–Kier alpha value is -0.410. The standard InChI is InChI=1S/C8H15N2O/c1-6(2)8(11)7-5-9-3-4-10-7/h6-7,9H,3-5H2,1-2H3. The highest BCUT2D eigenvalue weighted by Crippen LogP contribution is 2.01. The molecule has 1 aliphatic rings. The maximum absolute atomic E-state index is 11.4. The van der Waals surface area contributed by atoms with Crippen molar-refractivity contribution in [3.05, 3.63) is 0 Å². The predicted molar refractivity (Wildman–Crippen MR) is 43.5 cm³/mol. The number of hydrogen-bond donors (Lipinski definition) is 1. The van der Waals surface area contributed by atoms with Crippen molar-refractivity contribution in [2.45, 2.75) is 19.9 Å². The summed E-state index contributed by atoms with van der Waals surface area (Å²) >= 11 is 0. The number of nitrogens with one attached hydrogen (secondary N) is 1. The molecule has 63 valence electrons. The van der Waals surface area contributed by atoms with Gasteiger partial charge in [0, 0.05) is 25.6 Å². The zero-order chi connectivity index (χ0) is 8.27. The Labute approximate surface area is 67.5 Å². The molecule has 0 aromatic rings. The minimum atomic E-state index is -0.0799. The highest BCUT2D eigenvalue weighted by Gasteiger charge is 2.23. The van der Waals surface area contributed by atoms with Crippen LogP contribution in [0.15, 0.2) is 0 Å². The van der Waals surface area contributed by atoms with Crippen LogP contribution in [0, 0.1) is 5.92 Å². The van der Waals surface area contributed by atoms with E-state index in [1.165, 1.54) is 0 Å². The van der Waals surface area contributed by atoms with Gasteiger partial charge in [-0.1, -0.05) is 13.8 Å². The fourth-order valence-electron chi connectivity index (χ4n) is 1.18. The number of carbonyl (C=O) groups is 1. The molecule has 0 bridgehead atoms. The lowest BCUT2D eigenvalue weighted by Crippen LogP contribution is -2.49. The molecule has 1 N–H and O–H groups in total. The number of rotatable bonds is 2. The molecular weight excluding hydrogens is 140 g/mol. The third-order valence-corrected chi connectivity index (χ3v) is 1.87. The fraction of sp³-hybridized carbons (Fsp3) is 0.875. The van der Waals surface area contributed by atoms with E-state index in [9.17, 15) is 4.79 Å². The number of piperazine rings is 1. The van der Waals surface area contributed by atoms with E-state index in [2.05, 4.69) is 10.6 Å². The lowest BCUT2D eigenvalue weighted by atomic mass is 10.0. The van der Waals surface area contributed by atoms with Gasteiger partial charge in [0.15, 0.2) is 5.78 Å². The monoisotopic (exact) mass is 155 g/mol. The Balaban J connectivity index is 2.39. The fourth-order valence-corrected chi connectivity index (χ4v) is 1.18. The van der Waals surface area contributed by atoms with Gasteiger partial charge >= 0.3 is 0 Å². The van der Waals surface area contributed by atoms with Crippen LogP contribution < -0.4 is 10.6 Å². The first-order valence-corrected chi connectivity index (χ1v) is 4.13. The maximum atomic E-state index is 11.4. The third-order valence-electron chi connectivity index (χ3n) is 1.87. The topological polar surface area (TPSA) is 43.2 Å². The van der Waals surface area contributed by atoms with Crippen molar-refractivity contribution in [3.63, 3.8) is 0 Å². The lowest BCUT2D eigenvalue weighted by Gasteiger charge is -2.22. The number of hydrogen-bond acceptors (Lipinski definition) is 2. The molecule has 3 heteroatoms. The van der Waals surface area contributed by atoms with Gasteiger partial charge < -0.3 is 5.32 Å². The quantitative estimate of drug-likeness (QED) is 0.599. The molecule has 0 amide bonds. The molecule has 0 aromatic carbocycles. The van der Waals surface area contributed by atoms with Crippen molar-refractivity contribution in [2.75, 3.05) is 19.6 Å². The molecule has 1 heterocycles. The molecule has 1 saturated heterocycles. The maximum Gasteiger partial charge on any atom is 0.155 e. The summed E-state index contributed by atoms with van der Waals surface area (Å²) in [6.45, 7) is 6.28. The second kappa shape index (κ2) is 3.83. The minimum absolute atomic E-state index is 0.0799. The Morgan fingerprint density at radius 3 is 2.82 bits per heavy atom. The zero-order valence-corrected chi connectivity index (χ0v) is 7.13. The molecule has 0 aromatic heterocycles. The van der Waals surface area contributed by atoms with Crippen LogP contribution in [0.4, 0.5) is 0 Å². The summed E-state index contributed by atoms with van der Waals surface area (Å²) in [5, 5.41) is 7.39. The van der Waals surface area contributed by atoms with E-state index < -0.39 is 0 Å². The van der Waals surface area contributed by atoms with Gasteiger partial charge in [-0.15, -0.1) is 0 Å². The normalized spacial score (nSPS) is 25.5. The van der Waals surface area contributed by atoms with E-state index in [1.807, 2.05) is 13.8 Å². The second-order valence-electron chi connectivity index (χ2n) is 3.18. The largest absolute Gasteiger partial charge is 0.313 e. The minimum Gasteiger partial charge on any atom is -0.313 e. The highest BCUT2D eigenvalue weighted by molar-refractivity contribution is 5.86. The molecule has 1 unspecified atom stereocenters. The van der Waals surface area contributed by atoms with Gasteiger partial charge in [0.1, 0.15) is 0 Å². The SMILES string of the molecule is CC(C)C(=O)C1CNCC[N]1. The van der Waals surface area contributed by atoms with E-state index in [0.717, 1.165) is 19.6 Å². The van der Waals surface area contributed by atoms with Crippen molar-refractivity contribution >= 4 is 5.78 Å². The molecule has 1 fully saturated rings. The molecule has 3 nitrogen and oxygen atoms in total. The Morgan fingerprint density at radius 2 is 2.36 bits per heavy atom. The van der Waals surface area contributed by atoms with Crippen LogP contribution in [-0.2, 0) is 4.79 Å². The molecular formula is C8H15N2O. The van der Waals surface area contributed by atoms with Crippen molar-refractivity contribution < 1.29 is 4.79 Å². The van der Waals surface area contributed by atoms with E-state index in [4.69, 9.17) is 0 Å². The zero-order valence-electron chi connectivity index (χ0n) is 7.13. The predicted octanol–water partition coefficient (Wildman–Crippen LogP) is -0.212. The summed E-state index contributed by atoms with van der Waals surface area (Å²) < 4.78 is 0. The van der Waals surface area contributed by atoms with E-state index >= 15 is 0 Å². The van der Waals surface area contributed by atoms with Gasteiger partial charge in [0.05, 0.1) is 6.04 Å². The summed E-state index contributed by atoms with van der Waals surface area (Å²) in [7, 11) is 0. The first-order chi connectivity index (χ1) is 5.22.